The molecule has 2 rings (SSSR count). The number of carbonyl (C=O) groups is 1. The van der Waals surface area contributed by atoms with Crippen LogP contribution in [0.4, 0.5) is 24.7 Å². The number of anilines is 2. The maximum absolute atomic E-state index is 13.1. The van der Waals surface area contributed by atoms with Gasteiger partial charge in [0, 0.05) is 19.6 Å². The smallest absolute Gasteiger partial charge is 0.383 e. The number of aromatic nitrogens is 2. The summed E-state index contributed by atoms with van der Waals surface area (Å²) in [7, 11) is 0. The van der Waals surface area contributed by atoms with Gasteiger partial charge in [0.1, 0.15) is 5.82 Å². The van der Waals surface area contributed by atoms with E-state index in [4.69, 9.17) is 5.73 Å². The number of hydrogen-bond acceptors (Lipinski definition) is 5. The Balaban J connectivity index is 2.37. The SMILES string of the molecule is CC(C)CN(C(=O)CN1CCCC(C(F)(F)F)C1)c1c(N)n(CC(C)C)c(=O)[nH]c1=O. The zero-order valence-electron chi connectivity index (χ0n) is 18.5. The summed E-state index contributed by atoms with van der Waals surface area (Å²) >= 11 is 0. The van der Waals surface area contributed by atoms with Crippen molar-refractivity contribution in [2.45, 2.75) is 53.3 Å². The van der Waals surface area contributed by atoms with Crippen molar-refractivity contribution in [3.05, 3.63) is 20.8 Å². The molecule has 1 saturated heterocycles. The Morgan fingerprint density at radius 2 is 1.87 bits per heavy atom. The van der Waals surface area contributed by atoms with Crippen LogP contribution in [0.25, 0.3) is 0 Å². The van der Waals surface area contributed by atoms with Crippen molar-refractivity contribution in [3.8, 4) is 0 Å². The Morgan fingerprint density at radius 3 is 2.42 bits per heavy atom. The molecular weight excluding hydrogens is 415 g/mol. The summed E-state index contributed by atoms with van der Waals surface area (Å²) in [5.41, 5.74) is 4.56. The van der Waals surface area contributed by atoms with Gasteiger partial charge in [-0.05, 0) is 31.2 Å². The molecule has 11 heteroatoms. The van der Waals surface area contributed by atoms with Crippen LogP contribution >= 0.6 is 0 Å². The number of nitrogen functional groups attached to an aromatic ring is 1. The average molecular weight is 448 g/mol. The minimum atomic E-state index is -4.31. The Bertz CT molecular complexity index is 892. The third-order valence-corrected chi connectivity index (χ3v) is 5.21. The summed E-state index contributed by atoms with van der Waals surface area (Å²) in [6.07, 6.45) is -3.94. The molecule has 0 spiro atoms. The van der Waals surface area contributed by atoms with E-state index in [0.717, 1.165) is 0 Å². The first kappa shape index (κ1) is 25.0. The minimum Gasteiger partial charge on any atom is -0.383 e. The van der Waals surface area contributed by atoms with E-state index in [0.29, 0.717) is 13.0 Å². The highest BCUT2D eigenvalue weighted by Crippen LogP contribution is 2.33. The second-order valence-corrected chi connectivity index (χ2v) is 9.01. The summed E-state index contributed by atoms with van der Waals surface area (Å²) in [4.78, 5) is 42.8. The first-order chi connectivity index (χ1) is 14.3. The molecule has 31 heavy (non-hydrogen) atoms. The highest BCUT2D eigenvalue weighted by atomic mass is 19.4. The molecule has 1 amide bonds. The molecule has 3 N–H and O–H groups in total. The molecule has 2 heterocycles. The zero-order valence-corrected chi connectivity index (χ0v) is 18.5. The van der Waals surface area contributed by atoms with E-state index >= 15 is 0 Å². The molecule has 0 radical (unpaired) electrons. The molecule has 1 aromatic heterocycles. The number of carbonyl (C=O) groups excluding carboxylic acids is 1. The predicted molar refractivity (Wildman–Crippen MR) is 113 cm³/mol. The Labute approximate surface area is 179 Å². The Morgan fingerprint density at radius 1 is 1.23 bits per heavy atom. The molecule has 1 aliphatic heterocycles. The fourth-order valence-corrected chi connectivity index (χ4v) is 3.81. The lowest BCUT2D eigenvalue weighted by molar-refractivity contribution is -0.187. The number of nitrogens with two attached hydrogens (primary N) is 1. The van der Waals surface area contributed by atoms with Gasteiger partial charge in [-0.25, -0.2) is 4.79 Å². The van der Waals surface area contributed by atoms with Gasteiger partial charge in [-0.15, -0.1) is 0 Å². The summed E-state index contributed by atoms with van der Waals surface area (Å²) in [6.45, 7) is 7.67. The standard InChI is InChI=1S/C20H32F3N5O3/c1-12(2)8-27(15(29)11-26-7-5-6-14(10-26)20(21,22)23)16-17(24)28(9-13(3)4)19(31)25-18(16)30/h12-14H,5-11,24H2,1-4H3,(H,25,30,31). The van der Waals surface area contributed by atoms with E-state index in [1.54, 1.807) is 0 Å². The lowest BCUT2D eigenvalue weighted by atomic mass is 9.97. The number of likely N-dealkylation sites (tertiary alicyclic amines) is 1. The fraction of sp³-hybridized carbons (Fsp3) is 0.750. The van der Waals surface area contributed by atoms with E-state index in [1.165, 1.54) is 14.4 Å². The summed E-state index contributed by atoms with van der Waals surface area (Å²) < 4.78 is 40.6. The monoisotopic (exact) mass is 447 g/mol. The maximum atomic E-state index is 13.1. The molecule has 8 nitrogen and oxygen atoms in total. The van der Waals surface area contributed by atoms with Gasteiger partial charge in [-0.2, -0.15) is 13.2 Å². The number of amides is 1. The molecule has 1 unspecified atom stereocenters. The van der Waals surface area contributed by atoms with Crippen LogP contribution in [0.1, 0.15) is 40.5 Å². The summed E-state index contributed by atoms with van der Waals surface area (Å²) in [5.74, 6) is -2.11. The number of nitrogens with zero attached hydrogens (tertiary/aromatic N) is 3. The Kier molecular flexibility index (Phi) is 7.96. The van der Waals surface area contributed by atoms with Crippen molar-refractivity contribution >= 4 is 17.4 Å². The molecule has 0 saturated carbocycles. The number of rotatable bonds is 7. The van der Waals surface area contributed by atoms with Crippen LogP contribution < -0.4 is 21.9 Å². The highest BCUT2D eigenvalue weighted by molar-refractivity contribution is 5.96. The van der Waals surface area contributed by atoms with Crippen molar-refractivity contribution in [2.75, 3.05) is 36.8 Å². The topological polar surface area (TPSA) is 104 Å². The molecule has 0 aromatic carbocycles. The fourth-order valence-electron chi connectivity index (χ4n) is 3.81. The van der Waals surface area contributed by atoms with Crippen molar-refractivity contribution in [1.29, 1.82) is 0 Å². The average Bonchev–Trinajstić information content (AvgIpc) is 2.63. The first-order valence-corrected chi connectivity index (χ1v) is 10.5. The van der Waals surface area contributed by atoms with Crippen LogP contribution in [-0.2, 0) is 11.3 Å². The van der Waals surface area contributed by atoms with Crippen LogP contribution in [0.3, 0.4) is 0 Å². The quantitative estimate of drug-likeness (QED) is 0.666. The number of nitrogens with one attached hydrogen (secondary N) is 1. The third kappa shape index (κ3) is 6.34. The molecule has 176 valence electrons. The maximum Gasteiger partial charge on any atom is 0.393 e. The lowest BCUT2D eigenvalue weighted by Gasteiger charge is -2.35. The molecule has 1 aromatic rings. The van der Waals surface area contributed by atoms with Gasteiger partial charge in [-0.3, -0.25) is 24.0 Å². The van der Waals surface area contributed by atoms with Gasteiger partial charge in [-0.1, -0.05) is 27.7 Å². The molecular formula is C20H32F3N5O3. The first-order valence-electron chi connectivity index (χ1n) is 10.5. The van der Waals surface area contributed by atoms with Crippen LogP contribution in [0.2, 0.25) is 0 Å². The number of halogens is 3. The molecule has 1 atom stereocenters. The molecule has 0 bridgehead atoms. The molecule has 1 fully saturated rings. The van der Waals surface area contributed by atoms with E-state index in [2.05, 4.69) is 4.98 Å². The minimum absolute atomic E-state index is 0.0384. The molecule has 1 aliphatic rings. The van der Waals surface area contributed by atoms with Crippen molar-refractivity contribution in [1.82, 2.24) is 14.5 Å². The van der Waals surface area contributed by atoms with Crippen LogP contribution in [0, 0.1) is 17.8 Å². The van der Waals surface area contributed by atoms with Gasteiger partial charge in [0.25, 0.3) is 5.56 Å². The third-order valence-electron chi connectivity index (χ3n) is 5.21. The van der Waals surface area contributed by atoms with Gasteiger partial charge < -0.3 is 10.6 Å². The number of alkyl halides is 3. The highest BCUT2D eigenvalue weighted by Gasteiger charge is 2.42. The second-order valence-electron chi connectivity index (χ2n) is 9.01. The van der Waals surface area contributed by atoms with Crippen LogP contribution in [0.5, 0.6) is 0 Å². The number of aromatic amines is 1. The van der Waals surface area contributed by atoms with E-state index in [1.807, 2.05) is 27.7 Å². The van der Waals surface area contributed by atoms with Gasteiger partial charge in [0.2, 0.25) is 5.91 Å². The second kappa shape index (κ2) is 9.88. The number of piperidine rings is 1. The normalized spacial score (nSPS) is 18.0. The van der Waals surface area contributed by atoms with Crippen LogP contribution in [0.15, 0.2) is 9.59 Å². The van der Waals surface area contributed by atoms with E-state index < -0.39 is 29.3 Å². The lowest BCUT2D eigenvalue weighted by Crippen LogP contribution is -2.49. The van der Waals surface area contributed by atoms with E-state index in [-0.39, 0.29) is 55.9 Å². The van der Waals surface area contributed by atoms with Crippen molar-refractivity contribution in [3.63, 3.8) is 0 Å². The van der Waals surface area contributed by atoms with Gasteiger partial charge in [0.15, 0.2) is 5.69 Å². The zero-order chi connectivity index (χ0) is 23.5. The van der Waals surface area contributed by atoms with Crippen LogP contribution in [-0.4, -0.2) is 52.7 Å². The van der Waals surface area contributed by atoms with Gasteiger partial charge in [0.05, 0.1) is 12.5 Å². The largest absolute Gasteiger partial charge is 0.393 e. The number of hydrogen-bond donors (Lipinski definition) is 2. The summed E-state index contributed by atoms with van der Waals surface area (Å²) in [6, 6.07) is 0. The van der Waals surface area contributed by atoms with E-state index in [9.17, 15) is 27.6 Å². The summed E-state index contributed by atoms with van der Waals surface area (Å²) in [5, 5.41) is 0. The van der Waals surface area contributed by atoms with Crippen molar-refractivity contribution in [2.24, 2.45) is 17.8 Å². The molecule has 0 aliphatic carbocycles. The Hall–Kier alpha value is -2.30. The predicted octanol–water partition coefficient (Wildman–Crippen LogP) is 2.04. The number of H-pyrrole nitrogens is 1. The van der Waals surface area contributed by atoms with Gasteiger partial charge >= 0.3 is 11.9 Å². The van der Waals surface area contributed by atoms with Crippen molar-refractivity contribution < 1.29 is 18.0 Å².